The van der Waals surface area contributed by atoms with Gasteiger partial charge in [0.1, 0.15) is 16.8 Å². The lowest BCUT2D eigenvalue weighted by Gasteiger charge is -2.22. The number of carbonyl (C=O) groups is 3. The highest BCUT2D eigenvalue weighted by Crippen LogP contribution is 2.24. The number of ether oxygens (including phenoxy) is 1. The first-order valence-electron chi connectivity index (χ1n) is 8.89. The number of carbonyl (C=O) groups excluding carboxylic acids is 2. The van der Waals surface area contributed by atoms with Crippen LogP contribution in [0.1, 0.15) is 36.7 Å². The topological polar surface area (TPSA) is 118 Å². The molecule has 0 bridgehead atoms. The molecule has 0 radical (unpaired) electrons. The summed E-state index contributed by atoms with van der Waals surface area (Å²) < 4.78 is 5.09. The van der Waals surface area contributed by atoms with Crippen LogP contribution in [0, 0.1) is 0 Å². The second kappa shape index (κ2) is 9.77. The van der Waals surface area contributed by atoms with Crippen LogP contribution >= 0.6 is 23.2 Å². The van der Waals surface area contributed by atoms with E-state index in [1.165, 1.54) is 12.3 Å². The molecular formula is C20H21Cl2N3O5. The van der Waals surface area contributed by atoms with E-state index in [2.05, 4.69) is 15.6 Å². The van der Waals surface area contributed by atoms with E-state index in [9.17, 15) is 19.5 Å². The van der Waals surface area contributed by atoms with Crippen LogP contribution in [0.4, 0.5) is 10.5 Å². The first-order chi connectivity index (χ1) is 14.0. The van der Waals surface area contributed by atoms with Crippen LogP contribution in [0.3, 0.4) is 0 Å². The number of rotatable bonds is 6. The van der Waals surface area contributed by atoms with Gasteiger partial charge in [-0.05, 0) is 44.5 Å². The minimum absolute atomic E-state index is 0.0249. The molecule has 1 unspecified atom stereocenters. The maximum atomic E-state index is 12.4. The summed E-state index contributed by atoms with van der Waals surface area (Å²) in [5.41, 5.74) is 0.545. The summed E-state index contributed by atoms with van der Waals surface area (Å²) in [6.45, 7) is 5.05. The Bertz CT molecular complexity index is 942. The van der Waals surface area contributed by atoms with Gasteiger partial charge in [-0.15, -0.1) is 0 Å². The number of alkyl carbamates (subject to hydrolysis) is 1. The number of amides is 2. The highest BCUT2D eigenvalue weighted by atomic mass is 35.5. The molecule has 160 valence electrons. The second-order valence-corrected chi connectivity index (χ2v) is 8.09. The zero-order valence-electron chi connectivity index (χ0n) is 16.5. The standard InChI is InChI=1S/C20H21Cl2N3O5/c1-20(2,3)30-19(29)25-14(18(27)28)10-11-4-6-12(7-5-11)24-17(26)13-8-9-23-16(22)15(13)21/h4-9,14H,10H2,1-3H3,(H,24,26)(H,25,29)(H,27,28). The summed E-state index contributed by atoms with van der Waals surface area (Å²) in [7, 11) is 0. The fourth-order valence-corrected chi connectivity index (χ4v) is 2.76. The van der Waals surface area contributed by atoms with Crippen molar-refractivity contribution in [3.05, 3.63) is 57.8 Å². The van der Waals surface area contributed by atoms with Gasteiger partial charge in [0.15, 0.2) is 0 Å². The van der Waals surface area contributed by atoms with Crippen LogP contribution in [0.25, 0.3) is 0 Å². The van der Waals surface area contributed by atoms with Gasteiger partial charge in [0.05, 0.1) is 10.6 Å². The van der Waals surface area contributed by atoms with E-state index in [-0.39, 0.29) is 22.2 Å². The van der Waals surface area contributed by atoms with E-state index in [0.717, 1.165) is 0 Å². The fourth-order valence-electron chi connectivity index (χ4n) is 2.40. The molecule has 1 aromatic carbocycles. The summed E-state index contributed by atoms with van der Waals surface area (Å²) in [5.74, 6) is -1.66. The second-order valence-electron chi connectivity index (χ2n) is 7.36. The lowest BCUT2D eigenvalue weighted by molar-refractivity contribution is -0.139. The largest absolute Gasteiger partial charge is 0.480 e. The predicted molar refractivity (Wildman–Crippen MR) is 113 cm³/mol. The normalized spacial score (nSPS) is 12.0. The SMILES string of the molecule is CC(C)(C)OC(=O)NC(Cc1ccc(NC(=O)c2ccnc(Cl)c2Cl)cc1)C(=O)O. The Hall–Kier alpha value is -2.84. The van der Waals surface area contributed by atoms with E-state index in [4.69, 9.17) is 27.9 Å². The highest BCUT2D eigenvalue weighted by Gasteiger charge is 2.24. The minimum Gasteiger partial charge on any atom is -0.480 e. The average Bonchev–Trinajstić information content (AvgIpc) is 2.63. The molecular weight excluding hydrogens is 433 g/mol. The Balaban J connectivity index is 2.03. The molecule has 1 atom stereocenters. The summed E-state index contributed by atoms with van der Waals surface area (Å²) >= 11 is 11.8. The molecule has 1 heterocycles. The molecule has 0 saturated carbocycles. The van der Waals surface area contributed by atoms with Crippen LogP contribution in [0.2, 0.25) is 10.2 Å². The van der Waals surface area contributed by atoms with Crippen molar-refractivity contribution in [3.8, 4) is 0 Å². The van der Waals surface area contributed by atoms with Crippen molar-refractivity contribution in [1.29, 1.82) is 0 Å². The highest BCUT2D eigenvalue weighted by molar-refractivity contribution is 6.43. The molecule has 0 saturated heterocycles. The number of aliphatic carboxylic acids is 1. The fraction of sp³-hybridized carbons (Fsp3) is 0.300. The number of hydrogen-bond acceptors (Lipinski definition) is 5. The van der Waals surface area contributed by atoms with Gasteiger partial charge in [0.25, 0.3) is 5.91 Å². The maximum absolute atomic E-state index is 12.4. The van der Waals surface area contributed by atoms with E-state index in [0.29, 0.717) is 11.3 Å². The molecule has 0 spiro atoms. The number of nitrogens with one attached hydrogen (secondary N) is 2. The van der Waals surface area contributed by atoms with Crippen molar-refractivity contribution in [1.82, 2.24) is 10.3 Å². The third kappa shape index (κ3) is 6.89. The van der Waals surface area contributed by atoms with Crippen LogP contribution in [0.15, 0.2) is 36.5 Å². The molecule has 30 heavy (non-hydrogen) atoms. The van der Waals surface area contributed by atoms with Gasteiger partial charge in [0.2, 0.25) is 0 Å². The molecule has 2 rings (SSSR count). The lowest BCUT2D eigenvalue weighted by atomic mass is 10.1. The zero-order valence-corrected chi connectivity index (χ0v) is 18.0. The average molecular weight is 454 g/mol. The molecule has 1 aromatic heterocycles. The Morgan fingerprint density at radius 1 is 1.13 bits per heavy atom. The number of hydrogen-bond donors (Lipinski definition) is 3. The quantitative estimate of drug-likeness (QED) is 0.565. The maximum Gasteiger partial charge on any atom is 0.408 e. The molecule has 2 amide bonds. The van der Waals surface area contributed by atoms with E-state index < -0.39 is 29.6 Å². The number of carboxylic acid groups (broad SMARTS) is 1. The van der Waals surface area contributed by atoms with E-state index in [1.54, 1.807) is 45.0 Å². The van der Waals surface area contributed by atoms with Gasteiger partial charge in [0, 0.05) is 18.3 Å². The third-order valence-electron chi connectivity index (χ3n) is 3.73. The molecule has 0 aliphatic rings. The number of anilines is 1. The molecule has 0 aliphatic heterocycles. The van der Waals surface area contributed by atoms with Crippen molar-refractivity contribution in [2.24, 2.45) is 0 Å². The summed E-state index contributed by atoms with van der Waals surface area (Å²) in [5, 5.41) is 14.5. The monoisotopic (exact) mass is 453 g/mol. The van der Waals surface area contributed by atoms with E-state index in [1.807, 2.05) is 0 Å². The predicted octanol–water partition coefficient (Wildman–Crippen LogP) is 4.16. The lowest BCUT2D eigenvalue weighted by Crippen LogP contribution is -2.44. The number of pyridine rings is 1. The Morgan fingerprint density at radius 2 is 1.77 bits per heavy atom. The summed E-state index contributed by atoms with van der Waals surface area (Å²) in [4.78, 5) is 39.5. The van der Waals surface area contributed by atoms with Crippen molar-refractivity contribution in [3.63, 3.8) is 0 Å². The molecule has 10 heteroatoms. The summed E-state index contributed by atoms with van der Waals surface area (Å²) in [6, 6.07) is 6.77. The first kappa shape index (κ1) is 23.4. The van der Waals surface area contributed by atoms with E-state index >= 15 is 0 Å². The van der Waals surface area contributed by atoms with Crippen molar-refractivity contribution in [2.45, 2.75) is 38.8 Å². The van der Waals surface area contributed by atoms with Crippen LogP contribution in [-0.4, -0.2) is 39.7 Å². The molecule has 3 N–H and O–H groups in total. The Kier molecular flexibility index (Phi) is 7.64. The number of aromatic nitrogens is 1. The van der Waals surface area contributed by atoms with Gasteiger partial charge in [-0.25, -0.2) is 14.6 Å². The number of nitrogens with zero attached hydrogens (tertiary/aromatic N) is 1. The van der Waals surface area contributed by atoms with Gasteiger partial charge >= 0.3 is 12.1 Å². The zero-order chi connectivity index (χ0) is 22.5. The Morgan fingerprint density at radius 3 is 2.33 bits per heavy atom. The molecule has 0 fully saturated rings. The van der Waals surface area contributed by atoms with Gasteiger partial charge in [-0.1, -0.05) is 35.3 Å². The van der Waals surface area contributed by atoms with Crippen molar-refractivity contribution >= 4 is 46.9 Å². The van der Waals surface area contributed by atoms with Gasteiger partial charge in [-0.2, -0.15) is 0 Å². The van der Waals surface area contributed by atoms with Crippen LogP contribution in [0.5, 0.6) is 0 Å². The molecule has 2 aromatic rings. The third-order valence-corrected chi connectivity index (χ3v) is 4.50. The van der Waals surface area contributed by atoms with Crippen LogP contribution < -0.4 is 10.6 Å². The van der Waals surface area contributed by atoms with Crippen LogP contribution in [-0.2, 0) is 16.0 Å². The van der Waals surface area contributed by atoms with Gasteiger partial charge in [-0.3, -0.25) is 4.79 Å². The first-order valence-corrected chi connectivity index (χ1v) is 9.64. The number of halogens is 2. The number of benzene rings is 1. The number of carboxylic acids is 1. The van der Waals surface area contributed by atoms with Gasteiger partial charge < -0.3 is 20.5 Å². The summed E-state index contributed by atoms with van der Waals surface area (Å²) in [6.07, 6.45) is 0.594. The van der Waals surface area contributed by atoms with Crippen molar-refractivity contribution < 1.29 is 24.2 Å². The minimum atomic E-state index is -1.19. The molecule has 0 aliphatic carbocycles. The smallest absolute Gasteiger partial charge is 0.408 e. The van der Waals surface area contributed by atoms with Crippen molar-refractivity contribution in [2.75, 3.05) is 5.32 Å². The molecule has 8 nitrogen and oxygen atoms in total. The Labute approximate surface area is 183 Å².